The van der Waals surface area contributed by atoms with E-state index in [4.69, 9.17) is 0 Å². The van der Waals surface area contributed by atoms with Crippen molar-refractivity contribution >= 4 is 15.9 Å². The molecule has 0 saturated carbocycles. The van der Waals surface area contributed by atoms with Crippen molar-refractivity contribution in [1.82, 2.24) is 0 Å². The number of alkyl halides is 11. The summed E-state index contributed by atoms with van der Waals surface area (Å²) >= 11 is 2.80. The zero-order valence-electron chi connectivity index (χ0n) is 11.4. The van der Waals surface area contributed by atoms with E-state index < -0.39 is 41.5 Å². The van der Waals surface area contributed by atoms with Crippen LogP contribution in [-0.4, -0.2) is 35.0 Å². The minimum Gasteiger partial charge on any atom is -0.382 e. The Bertz CT molecular complexity index is 608. The van der Waals surface area contributed by atoms with Gasteiger partial charge in [0.15, 0.2) is 0 Å². The van der Waals surface area contributed by atoms with Crippen LogP contribution in [-0.2, 0) is 0 Å². The van der Waals surface area contributed by atoms with Crippen molar-refractivity contribution in [1.29, 1.82) is 0 Å². The van der Waals surface area contributed by atoms with Crippen molar-refractivity contribution in [2.75, 3.05) is 0 Å². The van der Waals surface area contributed by atoms with Gasteiger partial charge in [-0.05, 0) is 17.7 Å². The van der Waals surface area contributed by atoms with Crippen LogP contribution in [0, 0.1) is 0 Å². The second-order valence-corrected chi connectivity index (χ2v) is 5.71. The van der Waals surface area contributed by atoms with Crippen LogP contribution in [0.25, 0.3) is 0 Å². The Morgan fingerprint density at radius 3 is 1.44 bits per heavy atom. The van der Waals surface area contributed by atoms with E-state index in [1.165, 1.54) is 0 Å². The molecule has 0 fully saturated rings. The first-order valence-electron chi connectivity index (χ1n) is 5.92. The lowest BCUT2D eigenvalue weighted by atomic mass is 9.91. The molecule has 0 aliphatic heterocycles. The summed E-state index contributed by atoms with van der Waals surface area (Å²) in [6, 6.07) is 2.93. The maximum absolute atomic E-state index is 13.6. The predicted molar refractivity (Wildman–Crippen MR) is 64.9 cm³/mol. The summed E-state index contributed by atoms with van der Waals surface area (Å²) in [5, 5.41) is 9.20. The highest BCUT2D eigenvalue weighted by atomic mass is 79.9. The van der Waals surface area contributed by atoms with Gasteiger partial charge in [-0.3, -0.25) is 0 Å². The van der Waals surface area contributed by atoms with E-state index in [1.54, 1.807) is 0 Å². The summed E-state index contributed by atoms with van der Waals surface area (Å²) in [5.74, 6) is -28.6. The molecule has 1 rings (SSSR count). The smallest absolute Gasteiger partial charge is 0.382 e. The molecule has 0 amide bonds. The molecule has 0 radical (unpaired) electrons. The number of aliphatic hydroxyl groups excluding tert-OH is 1. The largest absolute Gasteiger partial charge is 0.460 e. The van der Waals surface area contributed by atoms with Crippen LogP contribution < -0.4 is 0 Å². The SMILES string of the molecule is OC(c1ccc(Br)cc1)C(F)(F)C(F)(F)C(F)(F)C(F)(F)C(F)(F)F. The Morgan fingerprint density at radius 2 is 1.08 bits per heavy atom. The summed E-state index contributed by atoms with van der Waals surface area (Å²) in [7, 11) is 0. The normalized spacial score (nSPS) is 16.0. The molecule has 1 unspecified atom stereocenters. The number of aliphatic hydroxyl groups is 1. The van der Waals surface area contributed by atoms with E-state index in [-0.39, 0.29) is 4.47 Å². The van der Waals surface area contributed by atoms with Crippen LogP contribution >= 0.6 is 15.9 Å². The number of benzene rings is 1. The van der Waals surface area contributed by atoms with Gasteiger partial charge in [0, 0.05) is 4.47 Å². The van der Waals surface area contributed by atoms with E-state index in [9.17, 15) is 53.4 Å². The van der Waals surface area contributed by atoms with Gasteiger partial charge in [0.25, 0.3) is 0 Å². The second-order valence-electron chi connectivity index (χ2n) is 4.80. The molecule has 0 aromatic heterocycles. The van der Waals surface area contributed by atoms with Crippen LogP contribution in [0.5, 0.6) is 0 Å². The molecule has 0 saturated heterocycles. The van der Waals surface area contributed by atoms with Gasteiger partial charge < -0.3 is 5.11 Å². The lowest BCUT2D eigenvalue weighted by Crippen LogP contribution is -2.67. The molecule has 1 aromatic rings. The quantitative estimate of drug-likeness (QED) is 0.575. The fourth-order valence-electron chi connectivity index (χ4n) is 1.61. The van der Waals surface area contributed by atoms with E-state index in [0.29, 0.717) is 12.1 Å². The second kappa shape index (κ2) is 6.25. The lowest BCUT2D eigenvalue weighted by molar-refractivity contribution is -0.429. The average Bonchev–Trinajstić information content (AvgIpc) is 2.45. The standard InChI is InChI=1S/C12H6BrF11O/c13-6-3-1-5(2-4-6)7(25)8(14,15)9(16,17)10(18,19)11(20,21)12(22,23)24/h1-4,7,25H. The van der Waals surface area contributed by atoms with E-state index in [0.717, 1.165) is 12.1 Å². The maximum Gasteiger partial charge on any atom is 0.460 e. The summed E-state index contributed by atoms with van der Waals surface area (Å²) in [5.41, 5.74) is -1.11. The lowest BCUT2D eigenvalue weighted by Gasteiger charge is -2.38. The number of hydrogen-bond donors (Lipinski definition) is 1. The third-order valence-corrected chi connectivity index (χ3v) is 3.62. The molecule has 13 heteroatoms. The summed E-state index contributed by atoms with van der Waals surface area (Å²) in [6.07, 6.45) is -11.0. The minimum atomic E-state index is -7.54. The van der Waals surface area contributed by atoms with E-state index in [1.807, 2.05) is 0 Å². The third kappa shape index (κ3) is 3.32. The first-order valence-corrected chi connectivity index (χ1v) is 6.72. The van der Waals surface area contributed by atoms with Gasteiger partial charge in [0.2, 0.25) is 0 Å². The molecule has 1 N–H and O–H groups in total. The number of halogens is 12. The molecule has 0 aliphatic rings. The van der Waals surface area contributed by atoms with Crippen molar-refractivity contribution in [3.63, 3.8) is 0 Å². The molecule has 0 aliphatic carbocycles. The van der Waals surface area contributed by atoms with Crippen LogP contribution in [0.15, 0.2) is 28.7 Å². The van der Waals surface area contributed by atoms with E-state index >= 15 is 0 Å². The van der Waals surface area contributed by atoms with Crippen molar-refractivity contribution in [3.8, 4) is 0 Å². The monoisotopic (exact) mass is 454 g/mol. The molecular formula is C12H6BrF11O. The highest BCUT2D eigenvalue weighted by Gasteiger charge is 2.88. The summed E-state index contributed by atoms with van der Waals surface area (Å²) in [6.45, 7) is 0. The van der Waals surface area contributed by atoms with Crippen LogP contribution in [0.1, 0.15) is 11.7 Å². The Morgan fingerprint density at radius 1 is 0.680 bits per heavy atom. The molecule has 25 heavy (non-hydrogen) atoms. The molecule has 144 valence electrons. The topological polar surface area (TPSA) is 20.2 Å². The van der Waals surface area contributed by atoms with Gasteiger partial charge in [-0.25, -0.2) is 0 Å². The number of hydrogen-bond acceptors (Lipinski definition) is 1. The van der Waals surface area contributed by atoms with Gasteiger partial charge in [0.05, 0.1) is 0 Å². The highest BCUT2D eigenvalue weighted by Crippen LogP contribution is 2.59. The number of rotatable bonds is 5. The molecule has 0 spiro atoms. The zero-order valence-corrected chi connectivity index (χ0v) is 13.0. The molecule has 1 aromatic carbocycles. The van der Waals surface area contributed by atoms with Gasteiger partial charge in [0.1, 0.15) is 6.10 Å². The summed E-state index contributed by atoms with van der Waals surface area (Å²) in [4.78, 5) is 0. The first kappa shape index (κ1) is 21.9. The Hall–Kier alpha value is -1.11. The molecule has 1 nitrogen and oxygen atoms in total. The van der Waals surface area contributed by atoms with Crippen LogP contribution in [0.3, 0.4) is 0 Å². The van der Waals surface area contributed by atoms with Crippen molar-refractivity contribution in [2.45, 2.75) is 36.0 Å². The Balaban J connectivity index is 3.40. The Kier molecular flexibility index (Phi) is 5.48. The van der Waals surface area contributed by atoms with Gasteiger partial charge in [-0.15, -0.1) is 0 Å². The highest BCUT2D eigenvalue weighted by molar-refractivity contribution is 9.10. The Labute approximate surface area is 140 Å². The summed E-state index contributed by atoms with van der Waals surface area (Å²) < 4.78 is 141. The van der Waals surface area contributed by atoms with Crippen molar-refractivity contribution in [3.05, 3.63) is 34.3 Å². The molecule has 1 atom stereocenters. The predicted octanol–water partition coefficient (Wildman–Crippen LogP) is 5.59. The zero-order chi connectivity index (χ0) is 20.1. The van der Waals surface area contributed by atoms with Crippen LogP contribution in [0.2, 0.25) is 0 Å². The van der Waals surface area contributed by atoms with Crippen LogP contribution in [0.4, 0.5) is 48.3 Å². The molecule has 0 heterocycles. The van der Waals surface area contributed by atoms with Gasteiger partial charge in [-0.2, -0.15) is 48.3 Å². The van der Waals surface area contributed by atoms with Gasteiger partial charge in [-0.1, -0.05) is 28.1 Å². The van der Waals surface area contributed by atoms with E-state index in [2.05, 4.69) is 15.9 Å². The fraction of sp³-hybridized carbons (Fsp3) is 0.500. The minimum absolute atomic E-state index is 0.187. The maximum atomic E-state index is 13.6. The van der Waals surface area contributed by atoms with Gasteiger partial charge >= 0.3 is 29.9 Å². The third-order valence-electron chi connectivity index (χ3n) is 3.09. The first-order chi connectivity index (χ1) is 10.9. The van der Waals surface area contributed by atoms with Crippen molar-refractivity contribution in [2.24, 2.45) is 0 Å². The fourth-order valence-corrected chi connectivity index (χ4v) is 1.87. The average molecular weight is 455 g/mol. The van der Waals surface area contributed by atoms with Crippen molar-refractivity contribution < 1.29 is 53.4 Å². The molecular weight excluding hydrogens is 449 g/mol. The molecule has 0 bridgehead atoms.